The fraction of sp³-hybridized carbons (Fsp3) is 0.167. The van der Waals surface area contributed by atoms with Gasteiger partial charge in [0.2, 0.25) is 0 Å². The Kier molecular flexibility index (Phi) is 15.7. The van der Waals surface area contributed by atoms with Crippen molar-refractivity contribution in [1.29, 1.82) is 10.5 Å². The molecule has 108 valence electrons. The van der Waals surface area contributed by atoms with Crippen molar-refractivity contribution >= 4 is 11.9 Å². The molecule has 4 N–H and O–H groups in total. The van der Waals surface area contributed by atoms with Crippen molar-refractivity contribution in [3.05, 3.63) is 36.5 Å². The molecule has 0 fully saturated rings. The van der Waals surface area contributed by atoms with Gasteiger partial charge >= 0.3 is 11.9 Å². The highest BCUT2D eigenvalue weighted by Crippen LogP contribution is 1.82. The third kappa shape index (κ3) is 20.5. The summed E-state index contributed by atoms with van der Waals surface area (Å²) in [4.78, 5) is 19.2. The van der Waals surface area contributed by atoms with Crippen LogP contribution in [0.15, 0.2) is 36.5 Å². The van der Waals surface area contributed by atoms with Gasteiger partial charge in [0.05, 0.1) is 0 Å². The van der Waals surface area contributed by atoms with Crippen molar-refractivity contribution in [3.8, 4) is 12.1 Å². The smallest absolute Gasteiger partial charge is 0.345 e. The molecule has 0 unspecified atom stereocenters. The highest BCUT2D eigenvalue weighted by atomic mass is 16.5. The molecule has 0 rings (SSSR count). The van der Waals surface area contributed by atoms with Gasteiger partial charge in [0, 0.05) is 0 Å². The van der Waals surface area contributed by atoms with E-state index in [9.17, 15) is 9.59 Å². The van der Waals surface area contributed by atoms with E-state index in [4.69, 9.17) is 30.9 Å². The molecular formula is C12H14N2O6. The van der Waals surface area contributed by atoms with Gasteiger partial charge in [-0.2, -0.15) is 10.5 Å². The first-order chi connectivity index (χ1) is 9.13. The first-order valence-electron chi connectivity index (χ1n) is 4.77. The van der Waals surface area contributed by atoms with E-state index in [0.717, 1.165) is 0 Å². The van der Waals surface area contributed by atoms with Gasteiger partial charge in [-0.15, -0.1) is 0 Å². The Labute approximate surface area is 115 Å². The SMILES string of the molecule is C=C(C#N)C(=O)O.C=C(C#N)C(=O)O.CC=CC(O)O. The van der Waals surface area contributed by atoms with Crippen LogP contribution in [0.5, 0.6) is 0 Å². The molecule has 8 heteroatoms. The van der Waals surface area contributed by atoms with Crippen LogP contribution in [-0.2, 0) is 9.59 Å². The van der Waals surface area contributed by atoms with Gasteiger partial charge in [-0.25, -0.2) is 9.59 Å². The summed E-state index contributed by atoms with van der Waals surface area (Å²) < 4.78 is 0. The quantitative estimate of drug-likeness (QED) is 0.246. The maximum atomic E-state index is 9.61. The summed E-state index contributed by atoms with van der Waals surface area (Å²) in [5.41, 5.74) is -0.861. The normalized spacial score (nSPS) is 8.10. The zero-order valence-electron chi connectivity index (χ0n) is 10.6. The maximum Gasteiger partial charge on any atom is 0.345 e. The Morgan fingerprint density at radius 3 is 1.35 bits per heavy atom. The first-order valence-corrected chi connectivity index (χ1v) is 4.77. The fourth-order valence-electron chi connectivity index (χ4n) is 0.268. The van der Waals surface area contributed by atoms with Gasteiger partial charge in [0.1, 0.15) is 23.3 Å². The summed E-state index contributed by atoms with van der Waals surface area (Å²) >= 11 is 0. The Bertz CT molecular complexity index is 429. The molecule has 8 nitrogen and oxygen atoms in total. The Hall–Kier alpha value is -2.94. The molecule has 0 aromatic heterocycles. The fourth-order valence-corrected chi connectivity index (χ4v) is 0.268. The minimum atomic E-state index is -1.28. The number of nitrogens with zero attached hydrogens (tertiary/aromatic N) is 2. The number of hydrogen-bond acceptors (Lipinski definition) is 6. The third-order valence-electron chi connectivity index (χ3n) is 1.15. The number of aliphatic hydroxyl groups is 2. The van der Waals surface area contributed by atoms with E-state index in [-0.39, 0.29) is 0 Å². The molecule has 0 aliphatic rings. The van der Waals surface area contributed by atoms with Crippen LogP contribution in [0, 0.1) is 22.7 Å². The highest BCUT2D eigenvalue weighted by Gasteiger charge is 1.98. The van der Waals surface area contributed by atoms with Gasteiger partial charge < -0.3 is 20.4 Å². The predicted octanol–water partition coefficient (Wildman–Crippen LogP) is 0.175. The Balaban J connectivity index is -0.000000218. The Morgan fingerprint density at radius 2 is 1.35 bits per heavy atom. The lowest BCUT2D eigenvalue weighted by Crippen LogP contribution is -1.96. The molecule has 0 aliphatic carbocycles. The second-order valence-electron chi connectivity index (χ2n) is 2.73. The molecule has 0 saturated heterocycles. The molecule has 0 heterocycles. The highest BCUT2D eigenvalue weighted by molar-refractivity contribution is 5.90. The first kappa shape index (κ1) is 22.3. The monoisotopic (exact) mass is 282 g/mol. The van der Waals surface area contributed by atoms with E-state index in [1.165, 1.54) is 18.2 Å². The van der Waals surface area contributed by atoms with Crippen LogP contribution in [0.25, 0.3) is 0 Å². The van der Waals surface area contributed by atoms with Crippen LogP contribution < -0.4 is 0 Å². The summed E-state index contributed by atoms with van der Waals surface area (Å²) in [7, 11) is 0. The van der Waals surface area contributed by atoms with Crippen molar-refractivity contribution in [2.24, 2.45) is 0 Å². The van der Waals surface area contributed by atoms with Crippen molar-refractivity contribution < 1.29 is 30.0 Å². The Morgan fingerprint density at radius 1 is 1.05 bits per heavy atom. The number of nitriles is 2. The molecule has 0 spiro atoms. The molecule has 0 aromatic rings. The third-order valence-corrected chi connectivity index (χ3v) is 1.15. The lowest BCUT2D eigenvalue weighted by molar-refractivity contribution is -0.133. The minimum Gasteiger partial charge on any atom is -0.477 e. The number of hydrogen-bond donors (Lipinski definition) is 4. The second-order valence-corrected chi connectivity index (χ2v) is 2.73. The summed E-state index contributed by atoms with van der Waals surface area (Å²) in [6, 6.07) is 2.74. The molecule has 0 amide bonds. The number of carboxylic acid groups (broad SMARTS) is 2. The van der Waals surface area contributed by atoms with Crippen molar-refractivity contribution in [3.63, 3.8) is 0 Å². The van der Waals surface area contributed by atoms with Crippen molar-refractivity contribution in [1.82, 2.24) is 0 Å². The molecule has 0 atom stereocenters. The molecule has 20 heavy (non-hydrogen) atoms. The van der Waals surface area contributed by atoms with Crippen molar-refractivity contribution in [2.75, 3.05) is 0 Å². The van der Waals surface area contributed by atoms with E-state index in [1.54, 1.807) is 13.0 Å². The molecule has 0 aliphatic heterocycles. The molecule has 0 aromatic carbocycles. The average molecular weight is 282 g/mol. The maximum absolute atomic E-state index is 9.61. The zero-order valence-corrected chi connectivity index (χ0v) is 10.6. The second kappa shape index (κ2) is 14.1. The summed E-state index contributed by atoms with van der Waals surface area (Å²) in [6.07, 6.45) is 1.57. The number of carbonyl (C=O) groups is 2. The van der Waals surface area contributed by atoms with E-state index in [1.807, 2.05) is 0 Å². The molecule has 0 saturated carbocycles. The summed E-state index contributed by atoms with van der Waals surface area (Å²) in [5, 5.41) is 47.3. The number of allylic oxidation sites excluding steroid dienone is 1. The standard InChI is InChI=1S/2C4H3NO2.C4H8O2/c2*1-3(2-5)4(6)7;1-2-3-4(5)6/h2*1H2,(H,6,7);2-6H,1H3. The number of rotatable bonds is 3. The van der Waals surface area contributed by atoms with Gasteiger partial charge in [0.15, 0.2) is 6.29 Å². The van der Waals surface area contributed by atoms with Crippen LogP contribution in [-0.4, -0.2) is 38.7 Å². The number of aliphatic carboxylic acids is 2. The van der Waals surface area contributed by atoms with Crippen LogP contribution in [0.4, 0.5) is 0 Å². The van der Waals surface area contributed by atoms with Crippen molar-refractivity contribution in [2.45, 2.75) is 13.2 Å². The number of aliphatic hydroxyl groups excluding tert-OH is 1. The van der Waals surface area contributed by atoms with Gasteiger partial charge in [-0.05, 0) is 13.0 Å². The molecule has 0 bridgehead atoms. The van der Waals surface area contributed by atoms with E-state index < -0.39 is 29.4 Å². The lowest BCUT2D eigenvalue weighted by Gasteiger charge is -1.86. The zero-order chi connectivity index (χ0) is 16.7. The molecule has 0 radical (unpaired) electrons. The summed E-state index contributed by atoms with van der Waals surface area (Å²) in [6.45, 7) is 7.55. The van der Waals surface area contributed by atoms with Crippen LogP contribution in [0.1, 0.15) is 6.92 Å². The predicted molar refractivity (Wildman–Crippen MR) is 67.8 cm³/mol. The number of carboxylic acids is 2. The van der Waals surface area contributed by atoms with E-state index >= 15 is 0 Å². The van der Waals surface area contributed by atoms with Crippen LogP contribution >= 0.6 is 0 Å². The topological polar surface area (TPSA) is 163 Å². The summed E-state index contributed by atoms with van der Waals surface area (Å²) in [5.74, 6) is -2.52. The molecular weight excluding hydrogens is 268 g/mol. The van der Waals surface area contributed by atoms with Gasteiger partial charge in [-0.1, -0.05) is 19.2 Å². The van der Waals surface area contributed by atoms with Crippen LogP contribution in [0.3, 0.4) is 0 Å². The largest absolute Gasteiger partial charge is 0.477 e. The lowest BCUT2D eigenvalue weighted by atomic mass is 10.4. The minimum absolute atomic E-state index is 0.431. The van der Waals surface area contributed by atoms with E-state index in [0.29, 0.717) is 0 Å². The average Bonchev–Trinajstić information content (AvgIpc) is 2.37. The van der Waals surface area contributed by atoms with E-state index in [2.05, 4.69) is 13.2 Å². The van der Waals surface area contributed by atoms with Gasteiger partial charge in [-0.3, -0.25) is 0 Å². The van der Waals surface area contributed by atoms with Crippen LogP contribution in [0.2, 0.25) is 0 Å². The van der Waals surface area contributed by atoms with Gasteiger partial charge in [0.25, 0.3) is 0 Å².